The summed E-state index contributed by atoms with van der Waals surface area (Å²) in [5.41, 5.74) is 8.37. The SMILES string of the molecule is O=[N+]([O-])c1c2ccccc2c(-c2ccc3oc4cccc(-c5c6ccccc6c(-c6ccccc6)c6ccccc56)c4c3c2)c2ccccc12. The Morgan fingerprint density at radius 3 is 1.44 bits per heavy atom. The van der Waals surface area contributed by atoms with E-state index in [-0.39, 0.29) is 10.6 Å². The molecule has 4 heteroatoms. The van der Waals surface area contributed by atoms with Gasteiger partial charge in [-0.3, -0.25) is 10.1 Å². The van der Waals surface area contributed by atoms with Crippen LogP contribution in [-0.2, 0) is 0 Å². The Morgan fingerprint density at radius 1 is 0.400 bits per heavy atom. The van der Waals surface area contributed by atoms with Gasteiger partial charge in [-0.2, -0.15) is 0 Å². The summed E-state index contributed by atoms with van der Waals surface area (Å²) in [4.78, 5) is 12.2. The van der Waals surface area contributed by atoms with Gasteiger partial charge in [-0.05, 0) is 96.0 Å². The highest BCUT2D eigenvalue weighted by Gasteiger charge is 2.24. The number of hydrogen-bond donors (Lipinski definition) is 0. The lowest BCUT2D eigenvalue weighted by atomic mass is 9.85. The maximum absolute atomic E-state index is 12.4. The van der Waals surface area contributed by atoms with Gasteiger partial charge in [-0.15, -0.1) is 0 Å². The summed E-state index contributed by atoms with van der Waals surface area (Å²) < 4.78 is 6.56. The van der Waals surface area contributed by atoms with Gasteiger partial charge in [-0.25, -0.2) is 0 Å². The molecular formula is C46H27NO3. The Morgan fingerprint density at radius 2 is 0.880 bits per heavy atom. The fourth-order valence-electron chi connectivity index (χ4n) is 8.14. The average Bonchev–Trinajstić information content (AvgIpc) is 3.54. The van der Waals surface area contributed by atoms with Crippen molar-refractivity contribution in [3.8, 4) is 33.4 Å². The lowest BCUT2D eigenvalue weighted by Crippen LogP contribution is -1.94. The molecule has 0 bridgehead atoms. The summed E-state index contributed by atoms with van der Waals surface area (Å²) in [5.74, 6) is 0. The van der Waals surface area contributed by atoms with Crippen molar-refractivity contribution >= 4 is 70.7 Å². The third-order valence-electron chi connectivity index (χ3n) is 10.1. The third-order valence-corrected chi connectivity index (χ3v) is 10.1. The standard InChI is InChI=1S/C46H27NO3/c48-47(49)46-36-21-10-8-19-34(36)43(35-20-9-11-22-37(35)46)29-25-26-40-39(27-29)45-38(23-12-24-41(45)50-40)44-32-17-6-4-15-30(32)42(28-13-2-1-3-14-28)31-16-5-7-18-33(31)44/h1-27H. The number of nitro benzene ring substituents is 1. The molecule has 234 valence electrons. The molecule has 0 amide bonds. The minimum absolute atomic E-state index is 0.134. The summed E-state index contributed by atoms with van der Waals surface area (Å²) in [6, 6.07) is 55.9. The van der Waals surface area contributed by atoms with Crippen molar-refractivity contribution in [2.75, 3.05) is 0 Å². The van der Waals surface area contributed by atoms with Gasteiger partial charge in [0.05, 0.1) is 15.7 Å². The smallest absolute Gasteiger partial charge is 0.284 e. The first-order valence-corrected chi connectivity index (χ1v) is 16.7. The van der Waals surface area contributed by atoms with E-state index in [0.717, 1.165) is 49.4 Å². The molecule has 0 saturated heterocycles. The first-order chi connectivity index (χ1) is 24.7. The number of nitrogens with zero attached hydrogens (tertiary/aromatic N) is 1. The van der Waals surface area contributed by atoms with Crippen LogP contribution < -0.4 is 0 Å². The molecule has 0 aliphatic rings. The maximum Gasteiger partial charge on any atom is 0.284 e. The van der Waals surface area contributed by atoms with Crippen molar-refractivity contribution in [2.45, 2.75) is 0 Å². The fraction of sp³-hybridized carbons (Fsp3) is 0. The van der Waals surface area contributed by atoms with Crippen LogP contribution in [0.3, 0.4) is 0 Å². The second-order valence-electron chi connectivity index (χ2n) is 12.8. The molecule has 0 saturated carbocycles. The lowest BCUT2D eigenvalue weighted by molar-refractivity contribution is -0.381. The number of non-ortho nitro benzene ring substituents is 1. The fourth-order valence-corrected chi connectivity index (χ4v) is 8.14. The molecule has 4 nitrogen and oxygen atoms in total. The van der Waals surface area contributed by atoms with Crippen molar-refractivity contribution in [3.63, 3.8) is 0 Å². The molecule has 50 heavy (non-hydrogen) atoms. The van der Waals surface area contributed by atoms with E-state index in [1.807, 2.05) is 60.7 Å². The van der Waals surface area contributed by atoms with Crippen LogP contribution in [0.15, 0.2) is 168 Å². The van der Waals surface area contributed by atoms with Gasteiger partial charge in [0.1, 0.15) is 11.2 Å². The highest BCUT2D eigenvalue weighted by Crippen LogP contribution is 2.48. The molecule has 9 aromatic carbocycles. The number of fused-ring (bicyclic) bond motifs is 7. The van der Waals surface area contributed by atoms with Crippen molar-refractivity contribution in [1.29, 1.82) is 0 Å². The molecule has 0 unspecified atom stereocenters. The number of benzene rings is 9. The first-order valence-electron chi connectivity index (χ1n) is 16.7. The minimum atomic E-state index is -0.259. The zero-order valence-corrected chi connectivity index (χ0v) is 26.8. The van der Waals surface area contributed by atoms with Gasteiger partial charge in [0.25, 0.3) is 5.69 Å². The minimum Gasteiger partial charge on any atom is -0.456 e. The molecule has 0 atom stereocenters. The van der Waals surface area contributed by atoms with E-state index in [0.29, 0.717) is 10.8 Å². The second kappa shape index (κ2) is 10.9. The summed E-state index contributed by atoms with van der Waals surface area (Å²) in [7, 11) is 0. The van der Waals surface area contributed by atoms with Crippen LogP contribution >= 0.6 is 0 Å². The van der Waals surface area contributed by atoms with E-state index < -0.39 is 0 Å². The Kier molecular flexibility index (Phi) is 6.14. The number of hydrogen-bond acceptors (Lipinski definition) is 3. The Labute approximate surface area is 286 Å². The Balaban J connectivity index is 1.31. The quantitative estimate of drug-likeness (QED) is 0.109. The number of rotatable bonds is 4. The Bertz CT molecular complexity index is 2900. The van der Waals surface area contributed by atoms with E-state index in [2.05, 4.69) is 103 Å². The van der Waals surface area contributed by atoms with Crippen LogP contribution in [0.1, 0.15) is 0 Å². The van der Waals surface area contributed by atoms with Gasteiger partial charge in [0.15, 0.2) is 0 Å². The van der Waals surface area contributed by atoms with Gasteiger partial charge in [-0.1, -0.05) is 133 Å². The molecule has 0 aliphatic heterocycles. The monoisotopic (exact) mass is 641 g/mol. The van der Waals surface area contributed by atoms with E-state index in [1.165, 1.54) is 38.2 Å². The summed E-state index contributed by atoms with van der Waals surface area (Å²) in [6.07, 6.45) is 0. The highest BCUT2D eigenvalue weighted by atomic mass is 16.6. The Hall–Kier alpha value is -6.78. The number of furan rings is 1. The highest BCUT2D eigenvalue weighted by molar-refractivity contribution is 6.26. The van der Waals surface area contributed by atoms with Gasteiger partial charge >= 0.3 is 0 Å². The molecule has 0 aliphatic carbocycles. The normalized spacial score (nSPS) is 11.8. The van der Waals surface area contributed by atoms with Crippen LogP contribution in [0.2, 0.25) is 0 Å². The van der Waals surface area contributed by atoms with Crippen molar-refractivity contribution in [3.05, 3.63) is 174 Å². The molecule has 0 radical (unpaired) electrons. The summed E-state index contributed by atoms with van der Waals surface area (Å²) in [6.45, 7) is 0. The van der Waals surface area contributed by atoms with Crippen LogP contribution in [0.4, 0.5) is 5.69 Å². The maximum atomic E-state index is 12.4. The van der Waals surface area contributed by atoms with Gasteiger partial charge in [0.2, 0.25) is 0 Å². The van der Waals surface area contributed by atoms with E-state index in [1.54, 1.807) is 0 Å². The van der Waals surface area contributed by atoms with Crippen LogP contribution in [-0.4, -0.2) is 4.92 Å². The molecule has 0 fully saturated rings. The molecule has 0 spiro atoms. The second-order valence-corrected chi connectivity index (χ2v) is 12.8. The van der Waals surface area contributed by atoms with E-state index >= 15 is 0 Å². The average molecular weight is 642 g/mol. The summed E-state index contributed by atoms with van der Waals surface area (Å²) >= 11 is 0. The van der Waals surface area contributed by atoms with Crippen LogP contribution in [0.5, 0.6) is 0 Å². The first kappa shape index (κ1) is 28.3. The molecule has 1 aromatic heterocycles. The molecule has 10 rings (SSSR count). The van der Waals surface area contributed by atoms with Crippen molar-refractivity contribution in [1.82, 2.24) is 0 Å². The molecule has 0 N–H and O–H groups in total. The third kappa shape index (κ3) is 4.06. The molecule has 10 aromatic rings. The molecule has 1 heterocycles. The largest absolute Gasteiger partial charge is 0.456 e. The van der Waals surface area contributed by atoms with E-state index in [4.69, 9.17) is 4.42 Å². The lowest BCUT2D eigenvalue weighted by Gasteiger charge is -2.18. The molecular weight excluding hydrogens is 615 g/mol. The number of nitro groups is 1. The van der Waals surface area contributed by atoms with Crippen molar-refractivity contribution in [2.24, 2.45) is 0 Å². The zero-order valence-electron chi connectivity index (χ0n) is 26.8. The zero-order chi connectivity index (χ0) is 33.3. The summed E-state index contributed by atoms with van der Waals surface area (Å²) in [5, 5.41) is 22.1. The van der Waals surface area contributed by atoms with Crippen LogP contribution in [0, 0.1) is 10.1 Å². The van der Waals surface area contributed by atoms with Crippen LogP contribution in [0.25, 0.3) is 98.4 Å². The predicted molar refractivity (Wildman–Crippen MR) is 207 cm³/mol. The van der Waals surface area contributed by atoms with Crippen molar-refractivity contribution < 1.29 is 9.34 Å². The predicted octanol–water partition coefficient (Wildman–Crippen LogP) is 13.1. The van der Waals surface area contributed by atoms with Gasteiger partial charge < -0.3 is 4.42 Å². The van der Waals surface area contributed by atoms with E-state index in [9.17, 15) is 10.1 Å². The van der Waals surface area contributed by atoms with Gasteiger partial charge in [0, 0.05) is 10.8 Å². The topological polar surface area (TPSA) is 56.3 Å².